The van der Waals surface area contributed by atoms with Gasteiger partial charge < -0.3 is 15.3 Å². The van der Waals surface area contributed by atoms with E-state index in [1.807, 2.05) is 0 Å². The molecule has 0 saturated heterocycles. The highest BCUT2D eigenvalue weighted by molar-refractivity contribution is 5.73. The second kappa shape index (κ2) is 6.74. The van der Waals surface area contributed by atoms with Crippen molar-refractivity contribution in [2.24, 2.45) is 5.41 Å². The Balaban J connectivity index is 3.71. The minimum Gasteiger partial charge on any atom is -0.393 e. The molecule has 2 amide bonds. The Morgan fingerprint density at radius 2 is 2.00 bits per heavy atom. The molecule has 0 bridgehead atoms. The van der Waals surface area contributed by atoms with Crippen LogP contribution in [0.1, 0.15) is 40.5 Å². The lowest BCUT2D eigenvalue weighted by molar-refractivity contribution is 0.163. The van der Waals surface area contributed by atoms with E-state index < -0.39 is 0 Å². The van der Waals surface area contributed by atoms with E-state index in [1.165, 1.54) is 0 Å². The third-order valence-electron chi connectivity index (χ3n) is 2.38. The van der Waals surface area contributed by atoms with E-state index in [4.69, 9.17) is 5.11 Å². The third kappa shape index (κ3) is 8.53. The van der Waals surface area contributed by atoms with E-state index in [-0.39, 0.29) is 17.6 Å². The molecular weight excluding hydrogens is 204 g/mol. The summed E-state index contributed by atoms with van der Waals surface area (Å²) in [4.78, 5) is 13.2. The first-order chi connectivity index (χ1) is 7.22. The summed E-state index contributed by atoms with van der Waals surface area (Å²) >= 11 is 0. The maximum atomic E-state index is 11.6. The summed E-state index contributed by atoms with van der Waals surface area (Å²) in [6.45, 7) is 9.45. The monoisotopic (exact) mass is 230 g/mol. The first-order valence-corrected chi connectivity index (χ1v) is 5.89. The molecule has 0 unspecified atom stereocenters. The molecule has 0 aromatic rings. The van der Waals surface area contributed by atoms with Crippen molar-refractivity contribution in [2.45, 2.75) is 46.6 Å². The van der Waals surface area contributed by atoms with Gasteiger partial charge >= 0.3 is 6.03 Å². The van der Waals surface area contributed by atoms with Crippen LogP contribution in [0.15, 0.2) is 0 Å². The third-order valence-corrected chi connectivity index (χ3v) is 2.38. The summed E-state index contributed by atoms with van der Waals surface area (Å²) in [5.41, 5.74) is 0.242. The molecule has 4 heteroatoms. The molecule has 96 valence electrons. The number of hydrogen-bond donors (Lipinski definition) is 2. The van der Waals surface area contributed by atoms with Gasteiger partial charge in [-0.25, -0.2) is 4.79 Å². The zero-order valence-corrected chi connectivity index (χ0v) is 11.2. The number of urea groups is 1. The summed E-state index contributed by atoms with van der Waals surface area (Å²) in [6.07, 6.45) is 1.22. The summed E-state index contributed by atoms with van der Waals surface area (Å²) in [5, 5.41) is 12.0. The van der Waals surface area contributed by atoms with Crippen LogP contribution in [0, 0.1) is 5.41 Å². The Morgan fingerprint density at radius 3 is 2.44 bits per heavy atom. The number of aliphatic hydroxyl groups is 1. The molecule has 0 aliphatic carbocycles. The molecule has 0 rings (SSSR count). The van der Waals surface area contributed by atoms with Gasteiger partial charge in [0, 0.05) is 20.1 Å². The van der Waals surface area contributed by atoms with Crippen molar-refractivity contribution in [3.8, 4) is 0 Å². The van der Waals surface area contributed by atoms with Crippen molar-refractivity contribution in [1.82, 2.24) is 10.2 Å². The molecule has 0 aromatic carbocycles. The van der Waals surface area contributed by atoms with Crippen molar-refractivity contribution in [3.63, 3.8) is 0 Å². The summed E-state index contributed by atoms with van der Waals surface area (Å²) in [5.74, 6) is 0. The number of amides is 2. The minimum atomic E-state index is -0.357. The van der Waals surface area contributed by atoms with Crippen LogP contribution >= 0.6 is 0 Å². The molecule has 0 aromatic heterocycles. The number of carbonyl (C=O) groups is 1. The first kappa shape index (κ1) is 15.2. The molecule has 0 spiro atoms. The predicted molar refractivity (Wildman–Crippen MR) is 66.4 cm³/mol. The number of rotatable bonds is 5. The van der Waals surface area contributed by atoms with Crippen LogP contribution in [0.4, 0.5) is 4.79 Å². The van der Waals surface area contributed by atoms with Gasteiger partial charge in [-0.1, -0.05) is 20.8 Å². The lowest BCUT2D eigenvalue weighted by atomic mass is 9.92. The largest absolute Gasteiger partial charge is 0.393 e. The summed E-state index contributed by atoms with van der Waals surface area (Å²) < 4.78 is 0. The second-order valence-electron chi connectivity index (χ2n) is 5.60. The van der Waals surface area contributed by atoms with Crippen LogP contribution in [0.5, 0.6) is 0 Å². The number of hydrogen-bond acceptors (Lipinski definition) is 2. The molecule has 2 N–H and O–H groups in total. The lowest BCUT2D eigenvalue weighted by Gasteiger charge is -2.21. The minimum absolute atomic E-state index is 0.0649. The highest BCUT2D eigenvalue weighted by Gasteiger charge is 2.12. The van der Waals surface area contributed by atoms with Crippen molar-refractivity contribution in [1.29, 1.82) is 0 Å². The Hall–Kier alpha value is -0.770. The smallest absolute Gasteiger partial charge is 0.317 e. The van der Waals surface area contributed by atoms with Gasteiger partial charge in [-0.15, -0.1) is 0 Å². The molecule has 0 radical (unpaired) electrons. The standard InChI is InChI=1S/C12H26N2O2/c1-10(15)6-9-14(5)11(16)13-8-7-12(2,3)4/h10,15H,6-9H2,1-5H3,(H,13,16)/t10-/m0/s1. The summed E-state index contributed by atoms with van der Waals surface area (Å²) in [6, 6.07) is -0.0649. The van der Waals surface area contributed by atoms with Crippen molar-refractivity contribution in [2.75, 3.05) is 20.1 Å². The van der Waals surface area contributed by atoms with Crippen molar-refractivity contribution in [3.05, 3.63) is 0 Å². The van der Waals surface area contributed by atoms with E-state index in [0.717, 1.165) is 6.42 Å². The van der Waals surface area contributed by atoms with Crippen LogP contribution in [-0.4, -0.2) is 42.3 Å². The number of carbonyl (C=O) groups excluding carboxylic acids is 1. The maximum Gasteiger partial charge on any atom is 0.317 e. The van der Waals surface area contributed by atoms with Gasteiger partial charge in [0.2, 0.25) is 0 Å². The zero-order chi connectivity index (χ0) is 12.8. The fraction of sp³-hybridized carbons (Fsp3) is 0.917. The van der Waals surface area contributed by atoms with Crippen LogP contribution in [0.3, 0.4) is 0 Å². The highest BCUT2D eigenvalue weighted by atomic mass is 16.3. The molecule has 0 aliphatic rings. The second-order valence-corrected chi connectivity index (χ2v) is 5.60. The molecular formula is C12H26N2O2. The Labute approximate surface area is 99.0 Å². The fourth-order valence-corrected chi connectivity index (χ4v) is 1.16. The number of nitrogens with one attached hydrogen (secondary N) is 1. The molecule has 16 heavy (non-hydrogen) atoms. The Morgan fingerprint density at radius 1 is 1.44 bits per heavy atom. The van der Waals surface area contributed by atoms with Crippen molar-refractivity contribution >= 4 is 6.03 Å². The first-order valence-electron chi connectivity index (χ1n) is 5.89. The fourth-order valence-electron chi connectivity index (χ4n) is 1.16. The van der Waals surface area contributed by atoms with E-state index in [9.17, 15) is 4.79 Å². The van der Waals surface area contributed by atoms with Crippen LogP contribution in [0.25, 0.3) is 0 Å². The SMILES string of the molecule is C[C@H](O)CCN(C)C(=O)NCCC(C)(C)C. The molecule has 0 heterocycles. The van der Waals surface area contributed by atoms with E-state index in [2.05, 4.69) is 26.1 Å². The van der Waals surface area contributed by atoms with Gasteiger partial charge in [-0.2, -0.15) is 0 Å². The van der Waals surface area contributed by atoms with Crippen LogP contribution in [0.2, 0.25) is 0 Å². The van der Waals surface area contributed by atoms with Crippen LogP contribution in [-0.2, 0) is 0 Å². The lowest BCUT2D eigenvalue weighted by Crippen LogP contribution is -2.39. The van der Waals surface area contributed by atoms with E-state index in [0.29, 0.717) is 19.5 Å². The Kier molecular flexibility index (Phi) is 6.41. The average Bonchev–Trinajstić information content (AvgIpc) is 2.11. The quantitative estimate of drug-likeness (QED) is 0.757. The highest BCUT2D eigenvalue weighted by Crippen LogP contribution is 2.16. The maximum absolute atomic E-state index is 11.6. The Bertz CT molecular complexity index is 210. The van der Waals surface area contributed by atoms with Crippen LogP contribution < -0.4 is 5.32 Å². The van der Waals surface area contributed by atoms with E-state index >= 15 is 0 Å². The molecule has 4 nitrogen and oxygen atoms in total. The molecule has 0 aliphatic heterocycles. The predicted octanol–water partition coefficient (Wildman–Crippen LogP) is 1.83. The summed E-state index contributed by atoms with van der Waals surface area (Å²) in [7, 11) is 1.74. The topological polar surface area (TPSA) is 52.6 Å². The van der Waals surface area contributed by atoms with Crippen molar-refractivity contribution < 1.29 is 9.90 Å². The number of nitrogens with zero attached hydrogens (tertiary/aromatic N) is 1. The zero-order valence-electron chi connectivity index (χ0n) is 11.2. The van der Waals surface area contributed by atoms with Gasteiger partial charge in [0.1, 0.15) is 0 Å². The van der Waals surface area contributed by atoms with Gasteiger partial charge in [0.15, 0.2) is 0 Å². The number of aliphatic hydroxyl groups excluding tert-OH is 1. The van der Waals surface area contributed by atoms with E-state index in [1.54, 1.807) is 18.9 Å². The molecule has 1 atom stereocenters. The molecule has 0 fully saturated rings. The van der Waals surface area contributed by atoms with Gasteiger partial charge in [0.25, 0.3) is 0 Å². The molecule has 0 saturated carbocycles. The van der Waals surface area contributed by atoms with Gasteiger partial charge in [-0.05, 0) is 25.2 Å². The van der Waals surface area contributed by atoms with Gasteiger partial charge in [0.05, 0.1) is 6.10 Å². The normalized spacial score (nSPS) is 13.4. The average molecular weight is 230 g/mol. The van der Waals surface area contributed by atoms with Gasteiger partial charge in [-0.3, -0.25) is 0 Å².